The third-order valence-corrected chi connectivity index (χ3v) is 6.24. The molecule has 0 amide bonds. The summed E-state index contributed by atoms with van der Waals surface area (Å²) >= 11 is 1.45. The monoisotopic (exact) mass is 399 g/mol. The van der Waals surface area contributed by atoms with Gasteiger partial charge in [0.2, 0.25) is 5.78 Å². The second kappa shape index (κ2) is 7.26. The molecular formula is C24H17NO3S. The first-order chi connectivity index (χ1) is 14.2. The van der Waals surface area contributed by atoms with E-state index in [-0.39, 0.29) is 11.4 Å². The maximum absolute atomic E-state index is 13.2. The Bertz CT molecular complexity index is 1150. The lowest BCUT2D eigenvalue weighted by Crippen LogP contribution is -2.31. The molecule has 0 N–H and O–H groups in total. The van der Waals surface area contributed by atoms with Crippen LogP contribution in [-0.2, 0) is 11.2 Å². The highest BCUT2D eigenvalue weighted by molar-refractivity contribution is 8.03. The maximum atomic E-state index is 13.2. The molecule has 29 heavy (non-hydrogen) atoms. The highest BCUT2D eigenvalue weighted by atomic mass is 32.2. The number of esters is 1. The molecule has 3 aromatic rings. The highest BCUT2D eigenvalue weighted by Gasteiger charge is 2.38. The van der Waals surface area contributed by atoms with Gasteiger partial charge in [0.1, 0.15) is 11.3 Å². The second-order valence-electron chi connectivity index (χ2n) is 6.85. The van der Waals surface area contributed by atoms with E-state index in [4.69, 9.17) is 4.74 Å². The lowest BCUT2D eigenvalue weighted by Gasteiger charge is -2.24. The summed E-state index contributed by atoms with van der Waals surface area (Å²) < 4.78 is 5.48. The van der Waals surface area contributed by atoms with Gasteiger partial charge in [-0.05, 0) is 36.2 Å². The Labute approximate surface area is 172 Å². The molecule has 0 bridgehead atoms. The Hall–Kier alpha value is -3.31. The average Bonchev–Trinajstić information content (AvgIpc) is 3.11. The molecule has 2 aliphatic heterocycles. The molecule has 5 heteroatoms. The zero-order valence-corrected chi connectivity index (χ0v) is 16.3. The number of ether oxygens (including phenoxy) is 1. The fourth-order valence-corrected chi connectivity index (χ4v) is 4.85. The van der Waals surface area contributed by atoms with Gasteiger partial charge in [0.05, 0.1) is 16.3 Å². The van der Waals surface area contributed by atoms with Crippen LogP contribution < -0.4 is 9.64 Å². The van der Waals surface area contributed by atoms with Crippen molar-refractivity contribution in [2.75, 3.05) is 11.4 Å². The van der Waals surface area contributed by atoms with E-state index in [1.165, 1.54) is 17.3 Å². The van der Waals surface area contributed by atoms with Crippen LogP contribution in [0.5, 0.6) is 5.75 Å². The minimum absolute atomic E-state index is 0.109. The summed E-state index contributed by atoms with van der Waals surface area (Å²) in [5.74, 6) is -0.547. The molecule has 5 rings (SSSR count). The van der Waals surface area contributed by atoms with Crippen LogP contribution in [0.1, 0.15) is 15.9 Å². The SMILES string of the molecule is O=C1Oc2ccccc2C(=O)/C1=C1\Sc2ccccc2N1CCc1ccccc1. The maximum Gasteiger partial charge on any atom is 0.350 e. The third kappa shape index (κ3) is 3.13. The van der Waals surface area contributed by atoms with Crippen LogP contribution in [0.25, 0.3) is 0 Å². The Kier molecular flexibility index (Phi) is 4.45. The molecule has 0 saturated heterocycles. The van der Waals surface area contributed by atoms with Crippen molar-refractivity contribution < 1.29 is 14.3 Å². The number of Topliss-reactive ketones (excluding diaryl/α,β-unsaturated/α-hetero) is 1. The molecule has 0 aliphatic carbocycles. The number of benzene rings is 3. The first-order valence-corrected chi connectivity index (χ1v) is 10.2. The Morgan fingerprint density at radius 2 is 1.55 bits per heavy atom. The number of hydrogen-bond donors (Lipinski definition) is 0. The van der Waals surface area contributed by atoms with Crippen LogP contribution in [-0.4, -0.2) is 18.3 Å². The van der Waals surface area contributed by atoms with Crippen molar-refractivity contribution in [1.82, 2.24) is 0 Å². The summed E-state index contributed by atoms with van der Waals surface area (Å²) in [4.78, 5) is 29.1. The molecular weight excluding hydrogens is 382 g/mol. The topological polar surface area (TPSA) is 46.6 Å². The fourth-order valence-electron chi connectivity index (χ4n) is 3.63. The van der Waals surface area contributed by atoms with Gasteiger partial charge in [-0.2, -0.15) is 0 Å². The minimum atomic E-state index is -0.589. The summed E-state index contributed by atoms with van der Waals surface area (Å²) in [6.45, 7) is 0.662. The number of anilines is 1. The van der Waals surface area contributed by atoms with E-state index in [9.17, 15) is 9.59 Å². The number of ketones is 1. The molecule has 0 atom stereocenters. The van der Waals surface area contributed by atoms with E-state index in [1.54, 1.807) is 24.3 Å². The molecule has 2 heterocycles. The standard InChI is InChI=1S/C24H17NO3S/c26-22-17-10-4-6-12-19(17)28-24(27)21(22)23-25(15-14-16-8-2-1-3-9-16)18-11-5-7-13-20(18)29-23/h1-13H,14-15H2/b23-21+. The molecule has 0 saturated carbocycles. The van der Waals surface area contributed by atoms with Crippen molar-refractivity contribution in [2.45, 2.75) is 11.3 Å². The third-order valence-electron chi connectivity index (χ3n) is 5.05. The summed E-state index contributed by atoms with van der Waals surface area (Å²) in [5, 5.41) is 0.645. The second-order valence-corrected chi connectivity index (χ2v) is 7.88. The van der Waals surface area contributed by atoms with Gasteiger partial charge in [-0.1, -0.05) is 66.4 Å². The predicted octanol–water partition coefficient (Wildman–Crippen LogP) is 4.85. The number of hydrogen-bond acceptors (Lipinski definition) is 5. The molecule has 2 aliphatic rings. The molecule has 4 nitrogen and oxygen atoms in total. The van der Waals surface area contributed by atoms with Gasteiger partial charge >= 0.3 is 5.97 Å². The largest absolute Gasteiger partial charge is 0.422 e. The predicted molar refractivity (Wildman–Crippen MR) is 113 cm³/mol. The van der Waals surface area contributed by atoms with Crippen LogP contribution in [0.15, 0.2) is 94.4 Å². The average molecular weight is 399 g/mol. The number of rotatable bonds is 3. The van der Waals surface area contributed by atoms with Crippen molar-refractivity contribution in [3.05, 3.63) is 101 Å². The van der Waals surface area contributed by atoms with Gasteiger partial charge < -0.3 is 9.64 Å². The Morgan fingerprint density at radius 3 is 2.41 bits per heavy atom. The van der Waals surface area contributed by atoms with Crippen LogP contribution in [0.4, 0.5) is 5.69 Å². The summed E-state index contributed by atoms with van der Waals surface area (Å²) in [6.07, 6.45) is 0.798. The lowest BCUT2D eigenvalue weighted by molar-refractivity contribution is -0.130. The van der Waals surface area contributed by atoms with Gasteiger partial charge in [0.15, 0.2) is 0 Å². The summed E-state index contributed by atoms with van der Waals surface area (Å²) in [7, 11) is 0. The lowest BCUT2D eigenvalue weighted by atomic mass is 10.00. The van der Waals surface area contributed by atoms with E-state index in [2.05, 4.69) is 17.0 Å². The number of fused-ring (bicyclic) bond motifs is 2. The molecule has 142 valence electrons. The van der Waals surface area contributed by atoms with E-state index >= 15 is 0 Å². The quantitative estimate of drug-likeness (QED) is 0.273. The Balaban J connectivity index is 1.57. The molecule has 0 radical (unpaired) electrons. The van der Waals surface area contributed by atoms with Gasteiger partial charge in [-0.25, -0.2) is 4.79 Å². The smallest absolute Gasteiger partial charge is 0.350 e. The summed E-state index contributed by atoms with van der Waals surface area (Å²) in [6, 6.07) is 25.0. The normalized spacial score (nSPS) is 17.7. The molecule has 0 fully saturated rings. The van der Waals surface area contributed by atoms with E-state index < -0.39 is 5.97 Å². The van der Waals surface area contributed by atoms with Crippen molar-refractivity contribution in [3.63, 3.8) is 0 Å². The first kappa shape index (κ1) is 17.8. The van der Waals surface area contributed by atoms with Gasteiger partial charge in [-0.15, -0.1) is 0 Å². The minimum Gasteiger partial charge on any atom is -0.422 e. The zero-order chi connectivity index (χ0) is 19.8. The zero-order valence-electron chi connectivity index (χ0n) is 15.5. The van der Waals surface area contributed by atoms with Gasteiger partial charge in [-0.3, -0.25) is 4.79 Å². The number of carbonyl (C=O) groups excluding carboxylic acids is 2. The van der Waals surface area contributed by atoms with E-state index in [0.29, 0.717) is 22.9 Å². The Morgan fingerprint density at radius 1 is 0.828 bits per heavy atom. The molecule has 0 spiro atoms. The van der Waals surface area contributed by atoms with Crippen molar-refractivity contribution in [1.29, 1.82) is 0 Å². The fraction of sp³-hybridized carbons (Fsp3) is 0.0833. The molecule has 0 aromatic heterocycles. The van der Waals surface area contributed by atoms with Crippen molar-refractivity contribution >= 4 is 29.2 Å². The van der Waals surface area contributed by atoms with Gasteiger partial charge in [0, 0.05) is 11.4 Å². The van der Waals surface area contributed by atoms with Crippen LogP contribution >= 0.6 is 11.8 Å². The van der Waals surface area contributed by atoms with Crippen LogP contribution in [0, 0.1) is 0 Å². The van der Waals surface area contributed by atoms with E-state index in [0.717, 1.165) is 17.0 Å². The number of nitrogens with zero attached hydrogens (tertiary/aromatic N) is 1. The van der Waals surface area contributed by atoms with Crippen molar-refractivity contribution in [2.24, 2.45) is 0 Å². The number of carbonyl (C=O) groups is 2. The van der Waals surface area contributed by atoms with Crippen LogP contribution in [0.3, 0.4) is 0 Å². The molecule has 0 unspecified atom stereocenters. The summed E-state index contributed by atoms with van der Waals surface area (Å²) in [5.41, 5.74) is 2.75. The van der Waals surface area contributed by atoms with Gasteiger partial charge in [0.25, 0.3) is 0 Å². The number of para-hydroxylation sites is 2. The number of thioether (sulfide) groups is 1. The molecule has 3 aromatic carbocycles. The first-order valence-electron chi connectivity index (χ1n) is 9.41. The van der Waals surface area contributed by atoms with Crippen LogP contribution in [0.2, 0.25) is 0 Å². The highest BCUT2D eigenvalue weighted by Crippen LogP contribution is 2.48. The van der Waals surface area contributed by atoms with Crippen molar-refractivity contribution in [3.8, 4) is 5.75 Å². The van der Waals surface area contributed by atoms with E-state index in [1.807, 2.05) is 42.5 Å².